The minimum absolute atomic E-state index is 0.712. The molecule has 0 nitrogen and oxygen atoms in total. The van der Waals surface area contributed by atoms with E-state index in [4.69, 9.17) is 0 Å². The summed E-state index contributed by atoms with van der Waals surface area (Å²) in [6.07, 6.45) is 11.4. The molecule has 86 valence electrons. The lowest BCUT2D eigenvalue weighted by atomic mass is 9.95. The maximum atomic E-state index is 2.34. The first-order chi connectivity index (χ1) is 7.11. The molecule has 0 saturated carbocycles. The Hall–Kier alpha value is -0.520. The number of hydrogen-bond donors (Lipinski definition) is 0. The van der Waals surface area contributed by atoms with Crippen LogP contribution in [0.25, 0.3) is 0 Å². The molecule has 1 aliphatic rings. The molecule has 0 amide bonds. The topological polar surface area (TPSA) is 0 Å². The van der Waals surface area contributed by atoms with E-state index in [0.29, 0.717) is 5.92 Å². The van der Waals surface area contributed by atoms with Crippen molar-refractivity contribution < 1.29 is 0 Å². The van der Waals surface area contributed by atoms with Crippen molar-refractivity contribution in [2.45, 2.75) is 59.8 Å². The van der Waals surface area contributed by atoms with Gasteiger partial charge in [-0.15, -0.1) is 0 Å². The summed E-state index contributed by atoms with van der Waals surface area (Å²) in [4.78, 5) is 0. The first-order valence-electron chi connectivity index (χ1n) is 6.49. The molecule has 0 N–H and O–H groups in total. The Morgan fingerprint density at radius 2 is 1.87 bits per heavy atom. The smallest absolute Gasteiger partial charge is 0.0130 e. The van der Waals surface area contributed by atoms with Crippen LogP contribution in [0.5, 0.6) is 0 Å². The fourth-order valence-corrected chi connectivity index (χ4v) is 2.30. The summed E-state index contributed by atoms with van der Waals surface area (Å²) < 4.78 is 0. The van der Waals surface area contributed by atoms with E-state index in [0.717, 1.165) is 5.92 Å². The maximum absolute atomic E-state index is 2.34. The lowest BCUT2D eigenvalue weighted by Gasteiger charge is -2.10. The van der Waals surface area contributed by atoms with Gasteiger partial charge in [0.15, 0.2) is 0 Å². The number of hydrogen-bond acceptors (Lipinski definition) is 0. The molecule has 1 rings (SSSR count). The number of unbranched alkanes of at least 4 members (excludes halogenated alkanes) is 1. The van der Waals surface area contributed by atoms with Gasteiger partial charge < -0.3 is 0 Å². The van der Waals surface area contributed by atoms with Crippen molar-refractivity contribution >= 4 is 0 Å². The molecule has 0 aliphatic heterocycles. The second kappa shape index (κ2) is 6.15. The minimum atomic E-state index is 0.712. The predicted molar refractivity (Wildman–Crippen MR) is 68.9 cm³/mol. The van der Waals surface area contributed by atoms with Gasteiger partial charge in [0.25, 0.3) is 0 Å². The highest BCUT2D eigenvalue weighted by atomic mass is 14.2. The van der Waals surface area contributed by atoms with E-state index in [9.17, 15) is 0 Å². The summed E-state index contributed by atoms with van der Waals surface area (Å²) in [5, 5.41) is 0. The highest BCUT2D eigenvalue weighted by Gasteiger charge is 2.11. The maximum Gasteiger partial charge on any atom is -0.0130 e. The first kappa shape index (κ1) is 12.5. The Bertz CT molecular complexity index is 241. The van der Waals surface area contributed by atoms with Gasteiger partial charge in [-0.25, -0.2) is 0 Å². The molecule has 0 unspecified atom stereocenters. The quantitative estimate of drug-likeness (QED) is 0.529. The largest absolute Gasteiger partial charge is 0.0802 e. The van der Waals surface area contributed by atoms with Crippen LogP contribution in [0.1, 0.15) is 59.8 Å². The van der Waals surface area contributed by atoms with Crippen LogP contribution in [0.2, 0.25) is 0 Å². The van der Waals surface area contributed by atoms with Gasteiger partial charge in [0.2, 0.25) is 0 Å². The van der Waals surface area contributed by atoms with Gasteiger partial charge in [-0.05, 0) is 36.7 Å². The summed E-state index contributed by atoms with van der Waals surface area (Å²) >= 11 is 0. The zero-order valence-corrected chi connectivity index (χ0v) is 10.8. The van der Waals surface area contributed by atoms with Gasteiger partial charge in [0, 0.05) is 0 Å². The molecule has 0 aromatic carbocycles. The SMILES string of the molecule is CC(C)CCCCC1=C(C(C)C)C=CC1. The Morgan fingerprint density at radius 1 is 1.13 bits per heavy atom. The van der Waals surface area contributed by atoms with Crippen LogP contribution >= 0.6 is 0 Å². The summed E-state index contributed by atoms with van der Waals surface area (Å²) in [7, 11) is 0. The van der Waals surface area contributed by atoms with Crippen LogP contribution in [-0.4, -0.2) is 0 Å². The molecular formula is C15H26. The van der Waals surface area contributed by atoms with Crippen molar-refractivity contribution in [2.24, 2.45) is 11.8 Å². The van der Waals surface area contributed by atoms with Gasteiger partial charge in [0.1, 0.15) is 0 Å². The van der Waals surface area contributed by atoms with E-state index in [2.05, 4.69) is 39.8 Å². The Labute approximate surface area is 95.5 Å². The van der Waals surface area contributed by atoms with Crippen LogP contribution in [0.4, 0.5) is 0 Å². The van der Waals surface area contributed by atoms with Gasteiger partial charge in [-0.3, -0.25) is 0 Å². The zero-order valence-electron chi connectivity index (χ0n) is 10.8. The predicted octanol–water partition coefficient (Wildman–Crippen LogP) is 5.12. The second-order valence-corrected chi connectivity index (χ2v) is 5.46. The van der Waals surface area contributed by atoms with Crippen LogP contribution in [0, 0.1) is 11.8 Å². The molecule has 0 heteroatoms. The fourth-order valence-electron chi connectivity index (χ4n) is 2.30. The molecule has 0 aromatic rings. The molecule has 0 spiro atoms. The highest BCUT2D eigenvalue weighted by molar-refractivity contribution is 5.35. The second-order valence-electron chi connectivity index (χ2n) is 5.46. The van der Waals surface area contributed by atoms with Crippen LogP contribution in [0.15, 0.2) is 23.3 Å². The normalized spacial score (nSPS) is 16.1. The van der Waals surface area contributed by atoms with Gasteiger partial charge in [0.05, 0.1) is 0 Å². The zero-order chi connectivity index (χ0) is 11.3. The standard InChI is InChI=1S/C15H26/c1-12(2)8-5-6-9-14-10-7-11-15(14)13(3)4/h7,11-13H,5-6,8-10H2,1-4H3. The Balaban J connectivity index is 2.29. The van der Waals surface area contributed by atoms with Gasteiger partial charge in [-0.1, -0.05) is 58.3 Å². The number of rotatable bonds is 6. The fraction of sp³-hybridized carbons (Fsp3) is 0.733. The summed E-state index contributed by atoms with van der Waals surface area (Å²) in [6.45, 7) is 9.24. The molecule has 0 aromatic heterocycles. The van der Waals surface area contributed by atoms with Crippen molar-refractivity contribution in [1.29, 1.82) is 0 Å². The van der Waals surface area contributed by atoms with Crippen molar-refractivity contribution in [3.8, 4) is 0 Å². The first-order valence-corrected chi connectivity index (χ1v) is 6.49. The minimum Gasteiger partial charge on any atom is -0.0802 e. The molecule has 0 saturated heterocycles. The molecule has 0 radical (unpaired) electrons. The lowest BCUT2D eigenvalue weighted by Crippen LogP contribution is -1.94. The van der Waals surface area contributed by atoms with Crippen LogP contribution in [-0.2, 0) is 0 Å². The third kappa shape index (κ3) is 4.24. The van der Waals surface area contributed by atoms with E-state index >= 15 is 0 Å². The average Bonchev–Trinajstić information content (AvgIpc) is 2.60. The summed E-state index contributed by atoms with van der Waals surface area (Å²) in [5.74, 6) is 1.58. The van der Waals surface area contributed by atoms with Crippen molar-refractivity contribution in [3.63, 3.8) is 0 Å². The van der Waals surface area contributed by atoms with E-state index < -0.39 is 0 Å². The Kier molecular flexibility index (Phi) is 5.14. The molecule has 0 fully saturated rings. The van der Waals surface area contributed by atoms with Crippen LogP contribution in [0.3, 0.4) is 0 Å². The summed E-state index contributed by atoms with van der Waals surface area (Å²) in [6, 6.07) is 0. The third-order valence-electron chi connectivity index (χ3n) is 3.20. The molecule has 0 heterocycles. The molecule has 1 aliphatic carbocycles. The molecule has 15 heavy (non-hydrogen) atoms. The molecule has 0 bridgehead atoms. The van der Waals surface area contributed by atoms with Crippen LogP contribution < -0.4 is 0 Å². The van der Waals surface area contributed by atoms with Crippen molar-refractivity contribution in [3.05, 3.63) is 23.3 Å². The van der Waals surface area contributed by atoms with E-state index in [-0.39, 0.29) is 0 Å². The highest BCUT2D eigenvalue weighted by Crippen LogP contribution is 2.29. The Morgan fingerprint density at radius 3 is 2.47 bits per heavy atom. The monoisotopic (exact) mass is 206 g/mol. The lowest BCUT2D eigenvalue weighted by molar-refractivity contribution is 0.535. The van der Waals surface area contributed by atoms with Gasteiger partial charge in [-0.2, -0.15) is 0 Å². The van der Waals surface area contributed by atoms with E-state index in [1.54, 1.807) is 11.1 Å². The van der Waals surface area contributed by atoms with E-state index in [1.807, 2.05) is 0 Å². The summed E-state index contributed by atoms with van der Waals surface area (Å²) in [5.41, 5.74) is 3.31. The van der Waals surface area contributed by atoms with Crippen molar-refractivity contribution in [1.82, 2.24) is 0 Å². The average molecular weight is 206 g/mol. The molecule has 0 atom stereocenters. The third-order valence-corrected chi connectivity index (χ3v) is 3.20. The van der Waals surface area contributed by atoms with Gasteiger partial charge >= 0.3 is 0 Å². The number of allylic oxidation sites excluding steroid dienone is 4. The molecular weight excluding hydrogens is 180 g/mol. The van der Waals surface area contributed by atoms with Crippen molar-refractivity contribution in [2.75, 3.05) is 0 Å². The van der Waals surface area contributed by atoms with E-state index in [1.165, 1.54) is 32.1 Å².